The second-order valence-electron chi connectivity index (χ2n) is 6.85. The van der Waals surface area contributed by atoms with E-state index in [4.69, 9.17) is 4.74 Å². The van der Waals surface area contributed by atoms with Crippen molar-refractivity contribution in [3.63, 3.8) is 0 Å². The lowest BCUT2D eigenvalue weighted by atomic mass is 9.91. The molecule has 148 valence electrons. The number of ether oxygens (including phenoxy) is 1. The Kier molecular flexibility index (Phi) is 9.90. The zero-order valence-corrected chi connectivity index (χ0v) is 17.1. The molecule has 26 heavy (non-hydrogen) atoms. The predicted octanol–water partition coefficient (Wildman–Crippen LogP) is 2.16. The quantitative estimate of drug-likeness (QED) is 0.714. The van der Waals surface area contributed by atoms with Gasteiger partial charge in [-0.25, -0.2) is 0 Å². The van der Waals surface area contributed by atoms with E-state index in [1.165, 1.54) is 11.1 Å². The highest BCUT2D eigenvalue weighted by molar-refractivity contribution is 5.86. The Morgan fingerprint density at radius 1 is 1.23 bits per heavy atom. The van der Waals surface area contributed by atoms with Gasteiger partial charge in [-0.05, 0) is 49.9 Å². The zero-order chi connectivity index (χ0) is 16.8. The average molecular weight is 404 g/mol. The minimum absolute atomic E-state index is 0. The summed E-state index contributed by atoms with van der Waals surface area (Å²) in [6.07, 6.45) is 3.60. The van der Waals surface area contributed by atoms with Crippen LogP contribution in [0.3, 0.4) is 0 Å². The Hall–Kier alpha value is -0.850. The topological polar surface area (TPSA) is 53.6 Å². The van der Waals surface area contributed by atoms with E-state index in [9.17, 15) is 4.79 Å². The summed E-state index contributed by atoms with van der Waals surface area (Å²) in [4.78, 5) is 15.0. The third-order valence-corrected chi connectivity index (χ3v) is 5.36. The standard InChI is InChI=1S/C19H29N3O2.2ClH/c1-24-19(8-11-20-12-9-19)18(23)21-10-4-13-22-14-7-16-5-2-3-6-17(16)15-22;;/h2-3,5-6,20H,4,7-15H2,1H3,(H,21,23);2*1H. The lowest BCUT2D eigenvalue weighted by Gasteiger charge is -2.35. The number of amides is 1. The van der Waals surface area contributed by atoms with Gasteiger partial charge in [-0.1, -0.05) is 24.3 Å². The third kappa shape index (κ3) is 5.57. The number of piperidine rings is 1. The number of hydrogen-bond donors (Lipinski definition) is 2. The molecule has 0 aromatic heterocycles. The summed E-state index contributed by atoms with van der Waals surface area (Å²) in [5, 5.41) is 6.36. The van der Waals surface area contributed by atoms with E-state index in [2.05, 4.69) is 39.8 Å². The number of methoxy groups -OCH3 is 1. The molecule has 0 atom stereocenters. The lowest BCUT2D eigenvalue weighted by molar-refractivity contribution is -0.146. The number of hydrogen-bond acceptors (Lipinski definition) is 4. The van der Waals surface area contributed by atoms with E-state index in [1.807, 2.05) is 0 Å². The first-order valence-corrected chi connectivity index (χ1v) is 9.07. The van der Waals surface area contributed by atoms with Crippen LogP contribution in [-0.2, 0) is 22.5 Å². The van der Waals surface area contributed by atoms with E-state index < -0.39 is 5.60 Å². The SMILES string of the molecule is COC1(C(=O)NCCCN2CCc3ccccc3C2)CCNCC1.Cl.Cl. The van der Waals surface area contributed by atoms with Gasteiger partial charge < -0.3 is 15.4 Å². The molecule has 5 nitrogen and oxygen atoms in total. The Balaban J connectivity index is 0.00000169. The van der Waals surface area contributed by atoms with Crippen LogP contribution in [0.15, 0.2) is 24.3 Å². The van der Waals surface area contributed by atoms with Crippen LogP contribution in [-0.4, -0.2) is 56.2 Å². The molecule has 0 radical (unpaired) electrons. The molecular formula is C19H31Cl2N3O2. The number of halogens is 2. The molecule has 2 N–H and O–H groups in total. The van der Waals surface area contributed by atoms with Gasteiger partial charge in [0.25, 0.3) is 5.91 Å². The highest BCUT2D eigenvalue weighted by atomic mass is 35.5. The largest absolute Gasteiger partial charge is 0.368 e. The summed E-state index contributed by atoms with van der Waals surface area (Å²) in [5.74, 6) is 0.0514. The van der Waals surface area contributed by atoms with Crippen LogP contribution in [0.2, 0.25) is 0 Å². The molecule has 2 heterocycles. The van der Waals surface area contributed by atoms with Crippen molar-refractivity contribution in [3.8, 4) is 0 Å². The number of carbonyl (C=O) groups is 1. The van der Waals surface area contributed by atoms with Crippen molar-refractivity contribution in [2.24, 2.45) is 0 Å². The zero-order valence-electron chi connectivity index (χ0n) is 15.5. The first kappa shape index (κ1) is 23.2. The number of nitrogens with one attached hydrogen (secondary N) is 2. The van der Waals surface area contributed by atoms with Gasteiger partial charge in [-0.15, -0.1) is 24.8 Å². The molecule has 0 spiro atoms. The minimum atomic E-state index is -0.630. The molecule has 0 unspecified atom stereocenters. The average Bonchev–Trinajstić information content (AvgIpc) is 2.65. The van der Waals surface area contributed by atoms with Crippen molar-refractivity contribution >= 4 is 30.7 Å². The molecule has 1 fully saturated rings. The molecule has 0 bridgehead atoms. The van der Waals surface area contributed by atoms with Gasteiger partial charge in [0.2, 0.25) is 0 Å². The van der Waals surface area contributed by atoms with Crippen LogP contribution in [0.25, 0.3) is 0 Å². The highest BCUT2D eigenvalue weighted by Gasteiger charge is 2.39. The van der Waals surface area contributed by atoms with E-state index in [0.29, 0.717) is 0 Å². The fourth-order valence-corrected chi connectivity index (χ4v) is 3.77. The molecule has 1 saturated heterocycles. The number of carbonyl (C=O) groups excluding carboxylic acids is 1. The van der Waals surface area contributed by atoms with Gasteiger partial charge in [0, 0.05) is 33.3 Å². The number of rotatable bonds is 6. The van der Waals surface area contributed by atoms with Crippen LogP contribution in [0, 0.1) is 0 Å². The monoisotopic (exact) mass is 403 g/mol. The van der Waals surface area contributed by atoms with E-state index in [0.717, 1.165) is 65.0 Å². The third-order valence-electron chi connectivity index (χ3n) is 5.36. The van der Waals surface area contributed by atoms with Crippen molar-refractivity contribution in [3.05, 3.63) is 35.4 Å². The van der Waals surface area contributed by atoms with Gasteiger partial charge in [0.15, 0.2) is 0 Å². The Morgan fingerprint density at radius 2 is 1.92 bits per heavy atom. The first-order valence-electron chi connectivity index (χ1n) is 9.07. The van der Waals surface area contributed by atoms with E-state index in [-0.39, 0.29) is 30.7 Å². The van der Waals surface area contributed by atoms with Crippen LogP contribution >= 0.6 is 24.8 Å². The summed E-state index contributed by atoms with van der Waals surface area (Å²) in [6, 6.07) is 8.70. The minimum Gasteiger partial charge on any atom is -0.368 e. The van der Waals surface area contributed by atoms with Gasteiger partial charge in [-0.2, -0.15) is 0 Å². The van der Waals surface area contributed by atoms with Gasteiger partial charge in [0.1, 0.15) is 5.60 Å². The maximum absolute atomic E-state index is 12.5. The lowest BCUT2D eigenvalue weighted by Crippen LogP contribution is -2.54. The Bertz CT molecular complexity index is 565. The maximum atomic E-state index is 12.5. The fourth-order valence-electron chi connectivity index (χ4n) is 3.77. The van der Waals surface area contributed by atoms with Crippen molar-refractivity contribution in [1.82, 2.24) is 15.5 Å². The van der Waals surface area contributed by atoms with Crippen LogP contribution in [0.4, 0.5) is 0 Å². The van der Waals surface area contributed by atoms with Crippen LogP contribution < -0.4 is 10.6 Å². The van der Waals surface area contributed by atoms with Crippen molar-refractivity contribution < 1.29 is 9.53 Å². The van der Waals surface area contributed by atoms with E-state index in [1.54, 1.807) is 7.11 Å². The van der Waals surface area contributed by atoms with Crippen molar-refractivity contribution in [2.75, 3.05) is 39.8 Å². The molecule has 2 aliphatic rings. The predicted molar refractivity (Wildman–Crippen MR) is 109 cm³/mol. The van der Waals surface area contributed by atoms with E-state index >= 15 is 0 Å². The number of nitrogens with zero attached hydrogens (tertiary/aromatic N) is 1. The second-order valence-corrected chi connectivity index (χ2v) is 6.85. The molecular weight excluding hydrogens is 373 g/mol. The summed E-state index contributed by atoms with van der Waals surface area (Å²) >= 11 is 0. The number of fused-ring (bicyclic) bond motifs is 1. The van der Waals surface area contributed by atoms with Gasteiger partial charge >= 0.3 is 0 Å². The molecule has 3 rings (SSSR count). The molecule has 0 saturated carbocycles. The van der Waals surface area contributed by atoms with Gasteiger partial charge in [0.05, 0.1) is 0 Å². The van der Waals surface area contributed by atoms with Crippen LogP contribution in [0.1, 0.15) is 30.4 Å². The molecule has 1 aromatic carbocycles. The Labute approximate surface area is 169 Å². The normalized spacial score (nSPS) is 18.8. The number of benzene rings is 1. The van der Waals surface area contributed by atoms with Crippen molar-refractivity contribution in [2.45, 2.75) is 37.8 Å². The molecule has 1 amide bonds. The smallest absolute Gasteiger partial charge is 0.252 e. The van der Waals surface area contributed by atoms with Gasteiger partial charge in [-0.3, -0.25) is 9.69 Å². The molecule has 2 aliphatic heterocycles. The highest BCUT2D eigenvalue weighted by Crippen LogP contribution is 2.22. The summed E-state index contributed by atoms with van der Waals surface area (Å²) in [5.41, 5.74) is 2.30. The molecule has 0 aliphatic carbocycles. The summed E-state index contributed by atoms with van der Waals surface area (Å²) in [6.45, 7) is 5.56. The Morgan fingerprint density at radius 3 is 2.62 bits per heavy atom. The summed E-state index contributed by atoms with van der Waals surface area (Å²) in [7, 11) is 1.65. The summed E-state index contributed by atoms with van der Waals surface area (Å²) < 4.78 is 5.56. The second kappa shape index (κ2) is 11.1. The maximum Gasteiger partial charge on any atom is 0.252 e. The first-order chi connectivity index (χ1) is 11.7. The molecule has 1 aromatic rings. The van der Waals surface area contributed by atoms with Crippen LogP contribution in [0.5, 0.6) is 0 Å². The molecule has 7 heteroatoms. The van der Waals surface area contributed by atoms with Crippen molar-refractivity contribution in [1.29, 1.82) is 0 Å². The fraction of sp³-hybridized carbons (Fsp3) is 0.632.